The van der Waals surface area contributed by atoms with E-state index in [4.69, 9.17) is 21.7 Å². The molecule has 2 N–H and O–H groups in total. The molecule has 206 valence electrons. The fourth-order valence-electron chi connectivity index (χ4n) is 5.57. The van der Waals surface area contributed by atoms with Crippen molar-refractivity contribution >= 4 is 38.7 Å². The molecule has 40 heavy (non-hydrogen) atoms. The first-order valence-corrected chi connectivity index (χ1v) is 15.1. The standard InChI is InChI=1S/C29H29N5O4S2/c1-17-13-20(8-10-23(17)32-40(4,35)36)34-28(27(31-29(34)39)24-7-5-6-12-30-24)22-14-18(2)33(19(22)3)21-9-11-25-26(15-21)38-16-37-25/h5-15,27-28,32H,16H2,1-4H3,(H,31,39). The minimum atomic E-state index is -3.41. The maximum atomic E-state index is 11.9. The number of benzene rings is 2. The van der Waals surface area contributed by atoms with Crippen LogP contribution in [0, 0.1) is 20.8 Å². The summed E-state index contributed by atoms with van der Waals surface area (Å²) in [5, 5.41) is 4.07. The molecule has 1 fully saturated rings. The molecule has 0 amide bonds. The number of aryl methyl sites for hydroxylation is 2. The number of nitrogens with one attached hydrogen (secondary N) is 2. The van der Waals surface area contributed by atoms with E-state index in [2.05, 4.69) is 44.4 Å². The SMILES string of the molecule is Cc1cc(N2C(=S)NC(c3ccccn3)C2c2cc(C)n(-c3ccc4c(c3)OCO4)c2C)ccc1NS(C)(=O)=O. The van der Waals surface area contributed by atoms with Crippen molar-refractivity contribution in [3.63, 3.8) is 0 Å². The van der Waals surface area contributed by atoms with Crippen molar-refractivity contribution in [2.75, 3.05) is 22.7 Å². The van der Waals surface area contributed by atoms with Crippen molar-refractivity contribution in [2.45, 2.75) is 32.9 Å². The molecule has 0 spiro atoms. The predicted molar refractivity (Wildman–Crippen MR) is 159 cm³/mol. The second-order valence-electron chi connectivity index (χ2n) is 10.1. The van der Waals surface area contributed by atoms with Crippen LogP contribution in [-0.2, 0) is 10.0 Å². The Balaban J connectivity index is 1.47. The lowest BCUT2D eigenvalue weighted by atomic mass is 9.96. The van der Waals surface area contributed by atoms with E-state index in [0.717, 1.165) is 57.3 Å². The topological polar surface area (TPSA) is 97.7 Å². The summed E-state index contributed by atoms with van der Waals surface area (Å²) in [6.07, 6.45) is 2.93. The van der Waals surface area contributed by atoms with Crippen molar-refractivity contribution in [3.05, 3.63) is 95.1 Å². The first-order valence-electron chi connectivity index (χ1n) is 12.8. The fourth-order valence-corrected chi connectivity index (χ4v) is 6.54. The van der Waals surface area contributed by atoms with Gasteiger partial charge in [-0.3, -0.25) is 9.71 Å². The number of pyridine rings is 1. The van der Waals surface area contributed by atoms with E-state index in [1.54, 1.807) is 12.3 Å². The summed E-state index contributed by atoms with van der Waals surface area (Å²) in [5.41, 5.74) is 7.24. The summed E-state index contributed by atoms with van der Waals surface area (Å²) >= 11 is 5.91. The molecule has 2 aliphatic heterocycles. The molecule has 2 aliphatic rings. The van der Waals surface area contributed by atoms with Gasteiger partial charge in [-0.1, -0.05) is 6.07 Å². The first-order chi connectivity index (χ1) is 19.1. The molecule has 0 aliphatic carbocycles. The van der Waals surface area contributed by atoms with Crippen LogP contribution in [0.3, 0.4) is 0 Å². The minimum Gasteiger partial charge on any atom is -0.454 e. The molecule has 2 aromatic heterocycles. The molecule has 11 heteroatoms. The lowest BCUT2D eigenvalue weighted by Gasteiger charge is -2.29. The lowest BCUT2D eigenvalue weighted by molar-refractivity contribution is 0.174. The van der Waals surface area contributed by atoms with Crippen LogP contribution >= 0.6 is 12.2 Å². The zero-order valence-electron chi connectivity index (χ0n) is 22.5. The summed E-state index contributed by atoms with van der Waals surface area (Å²) in [7, 11) is -3.41. The molecule has 4 heterocycles. The number of anilines is 2. The first kappa shape index (κ1) is 26.1. The second kappa shape index (κ2) is 9.83. The van der Waals surface area contributed by atoms with E-state index in [-0.39, 0.29) is 18.9 Å². The van der Waals surface area contributed by atoms with Crippen molar-refractivity contribution < 1.29 is 17.9 Å². The zero-order valence-corrected chi connectivity index (χ0v) is 24.1. The molecule has 0 saturated carbocycles. The Morgan fingerprint density at radius 2 is 1.77 bits per heavy atom. The van der Waals surface area contributed by atoms with Gasteiger partial charge in [-0.05, 0) is 92.6 Å². The molecule has 9 nitrogen and oxygen atoms in total. The van der Waals surface area contributed by atoms with Crippen LogP contribution in [0.4, 0.5) is 11.4 Å². The Bertz CT molecular complexity index is 1740. The van der Waals surface area contributed by atoms with Crippen LogP contribution in [-0.4, -0.2) is 36.1 Å². The summed E-state index contributed by atoms with van der Waals surface area (Å²) in [6, 6.07) is 19.2. The third-order valence-electron chi connectivity index (χ3n) is 7.28. The van der Waals surface area contributed by atoms with Crippen LogP contribution in [0.25, 0.3) is 5.69 Å². The van der Waals surface area contributed by atoms with Gasteiger partial charge in [0.15, 0.2) is 16.6 Å². The smallest absolute Gasteiger partial charge is 0.231 e. The third-order valence-corrected chi connectivity index (χ3v) is 8.19. The van der Waals surface area contributed by atoms with E-state index in [9.17, 15) is 8.42 Å². The molecule has 2 aromatic carbocycles. The van der Waals surface area contributed by atoms with Gasteiger partial charge in [0.05, 0.1) is 29.7 Å². The van der Waals surface area contributed by atoms with Gasteiger partial charge in [0.25, 0.3) is 0 Å². The van der Waals surface area contributed by atoms with E-state index >= 15 is 0 Å². The second-order valence-corrected chi connectivity index (χ2v) is 12.2. The number of aromatic nitrogens is 2. The van der Waals surface area contributed by atoms with Crippen molar-refractivity contribution in [1.29, 1.82) is 0 Å². The maximum Gasteiger partial charge on any atom is 0.231 e. The number of nitrogens with zero attached hydrogens (tertiary/aromatic N) is 3. The number of hydrogen-bond acceptors (Lipinski definition) is 6. The van der Waals surface area contributed by atoms with Crippen molar-refractivity contribution in [1.82, 2.24) is 14.9 Å². The van der Waals surface area contributed by atoms with Gasteiger partial charge in [-0.15, -0.1) is 0 Å². The summed E-state index contributed by atoms with van der Waals surface area (Å²) in [4.78, 5) is 6.76. The number of sulfonamides is 1. The highest BCUT2D eigenvalue weighted by Crippen LogP contribution is 2.45. The molecular formula is C29H29N5O4S2. The zero-order chi connectivity index (χ0) is 28.2. The Morgan fingerprint density at radius 1 is 1.00 bits per heavy atom. The van der Waals surface area contributed by atoms with Crippen LogP contribution < -0.4 is 24.4 Å². The average Bonchev–Trinajstić information content (AvgIpc) is 3.59. The van der Waals surface area contributed by atoms with Gasteiger partial charge in [-0.25, -0.2) is 8.42 Å². The predicted octanol–water partition coefficient (Wildman–Crippen LogP) is 5.07. The van der Waals surface area contributed by atoms with Gasteiger partial charge in [0.1, 0.15) is 0 Å². The van der Waals surface area contributed by atoms with E-state index in [1.165, 1.54) is 0 Å². The van der Waals surface area contributed by atoms with Crippen LogP contribution in [0.1, 0.15) is 40.3 Å². The van der Waals surface area contributed by atoms with Crippen LogP contribution in [0.5, 0.6) is 11.5 Å². The number of ether oxygens (including phenoxy) is 2. The van der Waals surface area contributed by atoms with Gasteiger partial charge in [0.2, 0.25) is 16.8 Å². The summed E-state index contributed by atoms with van der Waals surface area (Å²) in [6.45, 7) is 6.28. The highest BCUT2D eigenvalue weighted by atomic mass is 32.2. The fraction of sp³-hybridized carbons (Fsp3) is 0.241. The van der Waals surface area contributed by atoms with Crippen molar-refractivity contribution in [2.24, 2.45) is 0 Å². The molecule has 0 bridgehead atoms. The van der Waals surface area contributed by atoms with E-state index < -0.39 is 10.0 Å². The molecule has 2 atom stereocenters. The average molecular weight is 576 g/mol. The normalized spacial score (nSPS) is 18.2. The molecule has 0 radical (unpaired) electrons. The Hall–Kier alpha value is -4.09. The molecule has 6 rings (SSSR count). The number of thiocarbonyl (C=S) groups is 1. The Morgan fingerprint density at radius 3 is 2.50 bits per heavy atom. The summed E-state index contributed by atoms with van der Waals surface area (Å²) in [5.74, 6) is 1.46. The Labute approximate surface area is 238 Å². The number of rotatable bonds is 6. The molecule has 2 unspecified atom stereocenters. The van der Waals surface area contributed by atoms with Gasteiger partial charge >= 0.3 is 0 Å². The van der Waals surface area contributed by atoms with Crippen LogP contribution in [0.2, 0.25) is 0 Å². The van der Waals surface area contributed by atoms with Gasteiger partial charge in [-0.2, -0.15) is 0 Å². The number of hydrogen-bond donors (Lipinski definition) is 2. The van der Waals surface area contributed by atoms with E-state index in [0.29, 0.717) is 10.8 Å². The monoisotopic (exact) mass is 575 g/mol. The summed E-state index contributed by atoms with van der Waals surface area (Å²) < 4.78 is 39.7. The Kier molecular flexibility index (Phi) is 6.42. The highest BCUT2D eigenvalue weighted by molar-refractivity contribution is 7.92. The number of fused-ring (bicyclic) bond motifs is 1. The minimum absolute atomic E-state index is 0.214. The van der Waals surface area contributed by atoms with E-state index in [1.807, 2.05) is 55.5 Å². The largest absolute Gasteiger partial charge is 0.454 e. The lowest BCUT2D eigenvalue weighted by Crippen LogP contribution is -2.29. The molecule has 1 saturated heterocycles. The molecular weight excluding hydrogens is 546 g/mol. The third kappa shape index (κ3) is 4.65. The quantitative estimate of drug-likeness (QED) is 0.308. The maximum absolute atomic E-state index is 11.9. The highest BCUT2D eigenvalue weighted by Gasteiger charge is 2.42. The molecule has 4 aromatic rings. The van der Waals surface area contributed by atoms with Crippen LogP contribution in [0.15, 0.2) is 66.9 Å². The van der Waals surface area contributed by atoms with Gasteiger partial charge in [0, 0.05) is 35.0 Å². The van der Waals surface area contributed by atoms with Crippen molar-refractivity contribution in [3.8, 4) is 17.2 Å². The van der Waals surface area contributed by atoms with Gasteiger partial charge < -0.3 is 24.3 Å².